The number of Topliss-reactive ketones (excluding diaryl/α,β-unsaturated/α-hetero) is 1. The molecule has 4 fully saturated rings. The van der Waals surface area contributed by atoms with E-state index < -0.39 is 17.1 Å². The molecule has 3 saturated carbocycles. The number of piperazine rings is 1. The number of hydrogen-bond acceptors (Lipinski definition) is 7. The fourth-order valence-electron chi connectivity index (χ4n) is 9.16. The van der Waals surface area contributed by atoms with Gasteiger partial charge in [-0.15, -0.1) is 0 Å². The Hall–Kier alpha value is -2.09. The van der Waals surface area contributed by atoms with E-state index in [1.54, 1.807) is 6.20 Å². The summed E-state index contributed by atoms with van der Waals surface area (Å²) in [5, 5.41) is 23.7. The minimum atomic E-state index is -1.40. The summed E-state index contributed by atoms with van der Waals surface area (Å²) >= 11 is 0. The van der Waals surface area contributed by atoms with Crippen LogP contribution in [0.4, 0.5) is 5.82 Å². The van der Waals surface area contributed by atoms with E-state index in [1.165, 1.54) is 5.57 Å². The summed E-state index contributed by atoms with van der Waals surface area (Å²) in [4.78, 5) is 34.8. The van der Waals surface area contributed by atoms with Gasteiger partial charge in [-0.2, -0.15) is 0 Å². The fraction of sp³-hybridized carbons (Fsp3) is 0.700. The molecule has 4 aliphatic carbocycles. The molecule has 2 heterocycles. The molecule has 37 heavy (non-hydrogen) atoms. The smallest absolute Gasteiger partial charge is 0.178 e. The van der Waals surface area contributed by atoms with Crippen molar-refractivity contribution < 1.29 is 19.8 Å². The number of carbonyl (C=O) groups is 2. The van der Waals surface area contributed by atoms with Crippen LogP contribution in [0.25, 0.3) is 0 Å². The van der Waals surface area contributed by atoms with Crippen molar-refractivity contribution in [2.24, 2.45) is 28.6 Å². The van der Waals surface area contributed by atoms with Crippen LogP contribution in [0.1, 0.15) is 58.8 Å². The van der Waals surface area contributed by atoms with E-state index in [-0.39, 0.29) is 41.3 Å². The van der Waals surface area contributed by atoms with Gasteiger partial charge in [0, 0.05) is 44.2 Å². The summed E-state index contributed by atoms with van der Waals surface area (Å²) in [5.41, 5.74) is -0.971. The molecular formula is C30H41N3O4. The number of rotatable bonds is 4. The van der Waals surface area contributed by atoms with Gasteiger partial charge < -0.3 is 15.1 Å². The van der Waals surface area contributed by atoms with Gasteiger partial charge in [0.25, 0.3) is 0 Å². The van der Waals surface area contributed by atoms with Crippen LogP contribution >= 0.6 is 0 Å². The molecule has 200 valence electrons. The van der Waals surface area contributed by atoms with Crippen LogP contribution in [0.15, 0.2) is 36.0 Å². The highest BCUT2D eigenvalue weighted by molar-refractivity contribution is 5.92. The number of aliphatic hydroxyl groups is 2. The lowest BCUT2D eigenvalue weighted by atomic mass is 9.45. The maximum Gasteiger partial charge on any atom is 0.178 e. The summed E-state index contributed by atoms with van der Waals surface area (Å²) in [6.07, 6.45) is 8.00. The van der Waals surface area contributed by atoms with E-state index in [9.17, 15) is 19.8 Å². The standard InChI is InChI=1S/C30H41N3O4/c1-28-10-8-21(34)17-20(28)6-7-22-23-9-11-30(37,29(23,2)18-24(35)27(22)28)25(36)19-32-13-15-33(16-14-32)26-5-3-4-12-31-26/h3-5,12,17,22-24,27,35,37H,6-11,13-16,18-19H2,1-2H3/t22?,23?,24?,27?,28-,29-,30-/m0/s1. The van der Waals surface area contributed by atoms with Crippen LogP contribution in [0, 0.1) is 28.6 Å². The van der Waals surface area contributed by atoms with Crippen molar-refractivity contribution >= 4 is 17.4 Å². The highest BCUT2D eigenvalue weighted by atomic mass is 16.3. The number of pyridine rings is 1. The third-order valence-electron chi connectivity index (χ3n) is 11.2. The lowest BCUT2D eigenvalue weighted by Crippen LogP contribution is -2.63. The van der Waals surface area contributed by atoms with Gasteiger partial charge in [-0.3, -0.25) is 14.5 Å². The van der Waals surface area contributed by atoms with E-state index in [1.807, 2.05) is 24.3 Å². The lowest BCUT2D eigenvalue weighted by Gasteiger charge is -2.60. The number of carbonyl (C=O) groups excluding carboxylic acids is 2. The van der Waals surface area contributed by atoms with Crippen LogP contribution in [0.3, 0.4) is 0 Å². The second-order valence-corrected chi connectivity index (χ2v) is 12.9. The molecule has 1 saturated heterocycles. The number of anilines is 1. The van der Waals surface area contributed by atoms with Gasteiger partial charge in [-0.05, 0) is 79.9 Å². The number of ketones is 2. The highest BCUT2D eigenvalue weighted by Gasteiger charge is 2.68. The van der Waals surface area contributed by atoms with Gasteiger partial charge in [0.1, 0.15) is 11.4 Å². The fourth-order valence-corrected chi connectivity index (χ4v) is 9.16. The molecule has 1 aromatic heterocycles. The number of nitrogens with zero attached hydrogens (tertiary/aromatic N) is 3. The van der Waals surface area contributed by atoms with Gasteiger partial charge in [0.2, 0.25) is 0 Å². The molecular weight excluding hydrogens is 466 g/mol. The molecule has 7 heteroatoms. The zero-order valence-electron chi connectivity index (χ0n) is 22.2. The Labute approximate surface area is 219 Å². The Balaban J connectivity index is 1.17. The van der Waals surface area contributed by atoms with Crippen LogP contribution in [0.2, 0.25) is 0 Å². The molecule has 0 spiro atoms. The average molecular weight is 508 g/mol. The predicted molar refractivity (Wildman–Crippen MR) is 141 cm³/mol. The monoisotopic (exact) mass is 507 g/mol. The second-order valence-electron chi connectivity index (χ2n) is 12.9. The summed E-state index contributed by atoms with van der Waals surface area (Å²) < 4.78 is 0. The molecule has 4 unspecified atom stereocenters. The Morgan fingerprint density at radius 3 is 2.62 bits per heavy atom. The Kier molecular flexibility index (Phi) is 6.12. The van der Waals surface area contributed by atoms with Gasteiger partial charge in [0.15, 0.2) is 11.6 Å². The third-order valence-corrected chi connectivity index (χ3v) is 11.2. The SMILES string of the molecule is C[C@]12CCC(=O)C=C1CCC1C2C(O)C[C@@]2(C)C1CC[C@]2(O)C(=O)CN1CCN(c2ccccn2)CC1. The van der Waals surface area contributed by atoms with Crippen LogP contribution in [-0.4, -0.2) is 76.1 Å². The van der Waals surface area contributed by atoms with Gasteiger partial charge in [-0.25, -0.2) is 4.98 Å². The van der Waals surface area contributed by atoms with Gasteiger partial charge in [-0.1, -0.05) is 25.5 Å². The number of aromatic nitrogens is 1. The Morgan fingerprint density at radius 1 is 1.11 bits per heavy atom. The van der Waals surface area contributed by atoms with Crippen molar-refractivity contribution in [3.8, 4) is 0 Å². The van der Waals surface area contributed by atoms with E-state index >= 15 is 0 Å². The first-order valence-corrected chi connectivity index (χ1v) is 14.2. The first kappa shape index (κ1) is 25.2. The minimum absolute atomic E-state index is 0.0831. The number of hydrogen-bond donors (Lipinski definition) is 2. The highest BCUT2D eigenvalue weighted by Crippen LogP contribution is 2.67. The normalized spacial score (nSPS) is 42.0. The molecule has 2 N–H and O–H groups in total. The van der Waals surface area contributed by atoms with E-state index in [4.69, 9.17) is 0 Å². The molecule has 5 aliphatic rings. The van der Waals surface area contributed by atoms with Crippen molar-refractivity contribution in [3.05, 3.63) is 36.0 Å². The molecule has 1 aromatic rings. The van der Waals surface area contributed by atoms with Crippen LogP contribution in [0.5, 0.6) is 0 Å². The Morgan fingerprint density at radius 2 is 1.89 bits per heavy atom. The van der Waals surface area contributed by atoms with Crippen molar-refractivity contribution in [1.82, 2.24) is 9.88 Å². The molecule has 7 nitrogen and oxygen atoms in total. The molecule has 0 radical (unpaired) electrons. The lowest BCUT2D eigenvalue weighted by molar-refractivity contribution is -0.181. The maximum atomic E-state index is 13.8. The number of aliphatic hydroxyl groups excluding tert-OH is 1. The molecule has 0 aromatic carbocycles. The van der Waals surface area contributed by atoms with E-state index in [0.29, 0.717) is 19.3 Å². The van der Waals surface area contributed by atoms with Crippen molar-refractivity contribution in [3.63, 3.8) is 0 Å². The Bertz CT molecular complexity index is 1100. The molecule has 7 atom stereocenters. The molecule has 0 bridgehead atoms. The van der Waals surface area contributed by atoms with Crippen molar-refractivity contribution in [1.29, 1.82) is 0 Å². The molecule has 0 amide bonds. The number of fused-ring (bicyclic) bond motifs is 5. The summed E-state index contributed by atoms with van der Waals surface area (Å²) in [7, 11) is 0. The largest absolute Gasteiger partial charge is 0.393 e. The van der Waals surface area contributed by atoms with Crippen LogP contribution < -0.4 is 4.90 Å². The zero-order valence-corrected chi connectivity index (χ0v) is 22.2. The van der Waals surface area contributed by atoms with Gasteiger partial charge in [0.05, 0.1) is 12.6 Å². The predicted octanol–water partition coefficient (Wildman–Crippen LogP) is 3.01. The van der Waals surface area contributed by atoms with E-state index in [2.05, 4.69) is 28.6 Å². The quantitative estimate of drug-likeness (QED) is 0.647. The number of allylic oxidation sites excluding steroid dienone is 1. The summed E-state index contributed by atoms with van der Waals surface area (Å²) in [6.45, 7) is 7.70. The van der Waals surface area contributed by atoms with Gasteiger partial charge >= 0.3 is 0 Å². The average Bonchev–Trinajstić information content (AvgIpc) is 3.16. The third kappa shape index (κ3) is 3.83. The zero-order chi connectivity index (χ0) is 26.0. The minimum Gasteiger partial charge on any atom is -0.393 e. The maximum absolute atomic E-state index is 13.8. The first-order valence-electron chi connectivity index (χ1n) is 14.2. The summed E-state index contributed by atoms with van der Waals surface area (Å²) in [6, 6.07) is 5.92. The first-order chi connectivity index (χ1) is 17.7. The van der Waals surface area contributed by atoms with Crippen molar-refractivity contribution in [2.75, 3.05) is 37.6 Å². The molecule has 6 rings (SSSR count). The molecule has 1 aliphatic heterocycles. The summed E-state index contributed by atoms with van der Waals surface area (Å²) in [5.74, 6) is 1.67. The van der Waals surface area contributed by atoms with Crippen LogP contribution in [-0.2, 0) is 9.59 Å². The topological polar surface area (TPSA) is 94.0 Å². The van der Waals surface area contributed by atoms with E-state index in [0.717, 1.165) is 57.7 Å². The second kappa shape index (κ2) is 8.99. The van der Waals surface area contributed by atoms with Crippen molar-refractivity contribution in [2.45, 2.75) is 70.5 Å².